The van der Waals surface area contributed by atoms with Crippen LogP contribution < -0.4 is 11.2 Å². The first-order valence-corrected chi connectivity index (χ1v) is 8.34. The fraction of sp³-hybridized carbons (Fsp3) is 0.333. The number of H-pyrrole nitrogens is 1. The molecule has 0 saturated heterocycles. The Labute approximate surface area is 140 Å². The van der Waals surface area contributed by atoms with Gasteiger partial charge in [0, 0.05) is 3.57 Å². The molecule has 1 aromatic heterocycles. The van der Waals surface area contributed by atoms with Crippen LogP contribution in [-0.4, -0.2) is 9.55 Å². The SMILES string of the molecule is O=c1[nH]c(Cl)c(C2CCCC2)c(=O)n1-c1ccc(I)cc1. The van der Waals surface area contributed by atoms with Gasteiger partial charge in [-0.15, -0.1) is 0 Å². The van der Waals surface area contributed by atoms with Crippen molar-refractivity contribution in [3.8, 4) is 5.69 Å². The van der Waals surface area contributed by atoms with Crippen molar-refractivity contribution in [2.45, 2.75) is 31.6 Å². The zero-order valence-electron chi connectivity index (χ0n) is 11.2. The number of rotatable bonds is 2. The highest BCUT2D eigenvalue weighted by molar-refractivity contribution is 14.1. The summed E-state index contributed by atoms with van der Waals surface area (Å²) in [6, 6.07) is 7.27. The number of benzene rings is 1. The van der Waals surface area contributed by atoms with Crippen LogP contribution in [0.5, 0.6) is 0 Å². The third kappa shape index (κ3) is 2.81. The summed E-state index contributed by atoms with van der Waals surface area (Å²) in [6.45, 7) is 0. The van der Waals surface area contributed by atoms with Gasteiger partial charge in [-0.05, 0) is 65.6 Å². The summed E-state index contributed by atoms with van der Waals surface area (Å²) in [5.41, 5.74) is 0.328. The fourth-order valence-electron chi connectivity index (χ4n) is 2.92. The normalized spacial score (nSPS) is 15.5. The maximum atomic E-state index is 12.7. The smallest absolute Gasteiger partial charge is 0.297 e. The largest absolute Gasteiger partial charge is 0.334 e. The molecule has 2 aromatic rings. The van der Waals surface area contributed by atoms with Gasteiger partial charge in [0.15, 0.2) is 0 Å². The third-order valence-electron chi connectivity index (χ3n) is 3.94. The second-order valence-corrected chi connectivity index (χ2v) is 6.88. The number of nitrogens with one attached hydrogen (secondary N) is 1. The lowest BCUT2D eigenvalue weighted by atomic mass is 10.0. The fourth-order valence-corrected chi connectivity index (χ4v) is 3.59. The van der Waals surface area contributed by atoms with Crippen molar-refractivity contribution in [2.75, 3.05) is 0 Å². The predicted molar refractivity (Wildman–Crippen MR) is 91.6 cm³/mol. The standard InChI is InChI=1S/C15H14ClIN2O2/c16-13-12(9-3-1-2-4-9)14(20)19(15(21)18-13)11-7-5-10(17)6-8-11/h5-9H,1-4H2,(H,18,21). The Morgan fingerprint density at radius 3 is 2.38 bits per heavy atom. The molecular formula is C15H14ClIN2O2. The van der Waals surface area contributed by atoms with Crippen molar-refractivity contribution in [1.82, 2.24) is 9.55 Å². The molecule has 3 rings (SSSR count). The summed E-state index contributed by atoms with van der Waals surface area (Å²) in [7, 11) is 0. The molecule has 0 radical (unpaired) electrons. The van der Waals surface area contributed by atoms with E-state index in [0.717, 1.165) is 29.3 Å². The quantitative estimate of drug-likeness (QED) is 0.602. The van der Waals surface area contributed by atoms with Crippen LogP contribution in [0, 0.1) is 3.57 Å². The van der Waals surface area contributed by atoms with Crippen LogP contribution in [0.4, 0.5) is 0 Å². The maximum Gasteiger partial charge on any atom is 0.334 e. The summed E-state index contributed by atoms with van der Waals surface area (Å²) in [6.07, 6.45) is 4.10. The van der Waals surface area contributed by atoms with E-state index in [2.05, 4.69) is 27.6 Å². The molecule has 1 saturated carbocycles. The van der Waals surface area contributed by atoms with Gasteiger partial charge in [-0.2, -0.15) is 0 Å². The Balaban J connectivity index is 2.21. The average molecular weight is 417 g/mol. The molecule has 0 amide bonds. The van der Waals surface area contributed by atoms with Gasteiger partial charge in [0.2, 0.25) is 0 Å². The van der Waals surface area contributed by atoms with Gasteiger partial charge < -0.3 is 0 Å². The summed E-state index contributed by atoms with van der Waals surface area (Å²) < 4.78 is 2.22. The minimum atomic E-state index is -0.493. The molecule has 6 heteroatoms. The van der Waals surface area contributed by atoms with Crippen molar-refractivity contribution in [1.29, 1.82) is 0 Å². The van der Waals surface area contributed by atoms with Crippen LogP contribution in [0.1, 0.15) is 37.2 Å². The third-order valence-corrected chi connectivity index (χ3v) is 4.96. The minimum absolute atomic E-state index is 0.150. The van der Waals surface area contributed by atoms with Crippen molar-refractivity contribution >= 4 is 34.2 Å². The Bertz CT molecular complexity index is 774. The van der Waals surface area contributed by atoms with Gasteiger partial charge in [-0.1, -0.05) is 24.4 Å². The number of halogens is 2. The van der Waals surface area contributed by atoms with Crippen LogP contribution >= 0.6 is 34.2 Å². The van der Waals surface area contributed by atoms with E-state index in [1.165, 1.54) is 4.57 Å². The number of aromatic amines is 1. The highest BCUT2D eigenvalue weighted by Gasteiger charge is 2.25. The van der Waals surface area contributed by atoms with Crippen molar-refractivity contribution < 1.29 is 0 Å². The average Bonchev–Trinajstić information content (AvgIpc) is 2.94. The number of hydrogen-bond donors (Lipinski definition) is 1. The monoisotopic (exact) mass is 416 g/mol. The molecule has 4 nitrogen and oxygen atoms in total. The van der Waals surface area contributed by atoms with E-state index >= 15 is 0 Å². The second-order valence-electron chi connectivity index (χ2n) is 5.26. The molecule has 21 heavy (non-hydrogen) atoms. The first kappa shape index (κ1) is 14.8. The number of hydrogen-bond acceptors (Lipinski definition) is 2. The van der Waals surface area contributed by atoms with Crippen molar-refractivity contribution in [3.05, 3.63) is 59.4 Å². The van der Waals surface area contributed by atoms with Crippen molar-refractivity contribution in [2.24, 2.45) is 0 Å². The number of nitrogens with zero attached hydrogens (tertiary/aromatic N) is 1. The molecule has 1 aliphatic rings. The lowest BCUT2D eigenvalue weighted by Crippen LogP contribution is -2.36. The van der Waals surface area contributed by atoms with Crippen LogP contribution in [-0.2, 0) is 0 Å². The molecule has 0 atom stereocenters. The van der Waals surface area contributed by atoms with E-state index in [-0.39, 0.29) is 16.6 Å². The topological polar surface area (TPSA) is 54.9 Å². The summed E-state index contributed by atoms with van der Waals surface area (Å²) in [5, 5.41) is 0.193. The predicted octanol–water partition coefficient (Wildman–Crippen LogP) is 3.44. The molecule has 1 aromatic carbocycles. The molecule has 1 N–H and O–H groups in total. The Morgan fingerprint density at radius 1 is 1.14 bits per heavy atom. The molecule has 110 valence electrons. The van der Waals surface area contributed by atoms with E-state index < -0.39 is 5.69 Å². The summed E-state index contributed by atoms with van der Waals surface area (Å²) in [4.78, 5) is 27.5. The van der Waals surface area contributed by atoms with Crippen LogP contribution in [0.3, 0.4) is 0 Å². The first-order chi connectivity index (χ1) is 10.1. The van der Waals surface area contributed by atoms with Gasteiger partial charge in [0.25, 0.3) is 5.56 Å². The summed E-state index contributed by atoms with van der Waals surface area (Å²) >= 11 is 8.31. The van der Waals surface area contributed by atoms with E-state index in [1.807, 2.05) is 12.1 Å². The molecule has 1 aliphatic carbocycles. The van der Waals surface area contributed by atoms with Crippen molar-refractivity contribution in [3.63, 3.8) is 0 Å². The van der Waals surface area contributed by atoms with Gasteiger partial charge in [0.1, 0.15) is 5.15 Å². The van der Waals surface area contributed by atoms with Gasteiger partial charge in [-0.25, -0.2) is 9.36 Å². The molecule has 0 bridgehead atoms. The molecule has 1 fully saturated rings. The van der Waals surface area contributed by atoms with Gasteiger partial charge in [0.05, 0.1) is 11.3 Å². The van der Waals surface area contributed by atoms with E-state index in [9.17, 15) is 9.59 Å². The van der Waals surface area contributed by atoms with E-state index in [1.54, 1.807) is 12.1 Å². The Hall–Kier alpha value is -1.08. The van der Waals surface area contributed by atoms with E-state index in [4.69, 9.17) is 11.6 Å². The zero-order chi connectivity index (χ0) is 15.0. The lowest BCUT2D eigenvalue weighted by molar-refractivity contribution is 0.688. The zero-order valence-corrected chi connectivity index (χ0v) is 14.1. The Kier molecular flexibility index (Phi) is 4.21. The highest BCUT2D eigenvalue weighted by Crippen LogP contribution is 2.34. The van der Waals surface area contributed by atoms with Crippen LogP contribution in [0.2, 0.25) is 5.15 Å². The molecule has 0 unspecified atom stereocenters. The van der Waals surface area contributed by atoms with Gasteiger partial charge in [-0.3, -0.25) is 9.78 Å². The minimum Gasteiger partial charge on any atom is -0.297 e. The molecule has 1 heterocycles. The molecule has 0 aliphatic heterocycles. The Morgan fingerprint density at radius 2 is 1.76 bits per heavy atom. The second kappa shape index (κ2) is 5.96. The highest BCUT2D eigenvalue weighted by atomic mass is 127. The van der Waals surface area contributed by atoms with Crippen LogP contribution in [0.25, 0.3) is 5.69 Å². The molecular weight excluding hydrogens is 403 g/mol. The summed E-state index contributed by atoms with van der Waals surface area (Å²) in [5.74, 6) is 0.150. The first-order valence-electron chi connectivity index (χ1n) is 6.88. The van der Waals surface area contributed by atoms with Gasteiger partial charge >= 0.3 is 5.69 Å². The maximum absolute atomic E-state index is 12.7. The van der Waals surface area contributed by atoms with Crippen LogP contribution in [0.15, 0.2) is 33.9 Å². The molecule has 0 spiro atoms. The lowest BCUT2D eigenvalue weighted by Gasteiger charge is -2.13. The van der Waals surface area contributed by atoms with E-state index in [0.29, 0.717) is 11.3 Å². The number of aromatic nitrogens is 2.